The predicted molar refractivity (Wildman–Crippen MR) is 117 cm³/mol. The van der Waals surface area contributed by atoms with Gasteiger partial charge in [0.15, 0.2) is 5.96 Å². The van der Waals surface area contributed by atoms with Gasteiger partial charge in [0.1, 0.15) is 0 Å². The van der Waals surface area contributed by atoms with Crippen LogP contribution < -0.4 is 10.6 Å². The fourth-order valence-corrected chi connectivity index (χ4v) is 3.26. The van der Waals surface area contributed by atoms with Crippen molar-refractivity contribution in [1.29, 1.82) is 0 Å². The number of pyridine rings is 1. The molecule has 1 saturated heterocycles. The summed E-state index contributed by atoms with van der Waals surface area (Å²) in [6, 6.07) is 3.93. The number of likely N-dealkylation sites (tertiary alicyclic amines) is 1. The van der Waals surface area contributed by atoms with E-state index in [1.807, 2.05) is 26.0 Å². The maximum absolute atomic E-state index is 12.4. The second-order valence-electron chi connectivity index (χ2n) is 7.01. The van der Waals surface area contributed by atoms with E-state index in [1.54, 1.807) is 6.20 Å². The summed E-state index contributed by atoms with van der Waals surface area (Å²) < 4.78 is 37.3. The van der Waals surface area contributed by atoms with E-state index >= 15 is 0 Å². The number of hydrogen-bond acceptors (Lipinski definition) is 3. The minimum absolute atomic E-state index is 0. The van der Waals surface area contributed by atoms with Crippen molar-refractivity contribution in [3.05, 3.63) is 29.6 Å². The molecule has 0 bridgehead atoms. The number of nitrogens with one attached hydrogen (secondary N) is 2. The highest BCUT2D eigenvalue weighted by molar-refractivity contribution is 14.0. The second kappa shape index (κ2) is 12.5. The summed E-state index contributed by atoms with van der Waals surface area (Å²) in [6.07, 6.45) is 0.241. The van der Waals surface area contributed by atoms with Gasteiger partial charge in [0.25, 0.3) is 0 Å². The summed E-state index contributed by atoms with van der Waals surface area (Å²) in [5.41, 5.74) is 2.06. The number of hydrogen-bond donors (Lipinski definition) is 2. The van der Waals surface area contributed by atoms with Crippen LogP contribution in [0.2, 0.25) is 0 Å². The van der Waals surface area contributed by atoms with E-state index in [0.29, 0.717) is 25.6 Å². The third kappa shape index (κ3) is 9.40. The molecule has 1 fully saturated rings. The van der Waals surface area contributed by atoms with Crippen molar-refractivity contribution in [2.45, 2.75) is 45.8 Å². The van der Waals surface area contributed by atoms with Gasteiger partial charge in [-0.25, -0.2) is 4.99 Å². The fourth-order valence-electron chi connectivity index (χ4n) is 3.26. The highest BCUT2D eigenvalue weighted by Gasteiger charge is 2.32. The van der Waals surface area contributed by atoms with E-state index in [1.165, 1.54) is 4.90 Å². The summed E-state index contributed by atoms with van der Waals surface area (Å²) in [6.45, 7) is 6.33. The first-order valence-electron chi connectivity index (χ1n) is 9.59. The molecule has 0 saturated carbocycles. The van der Waals surface area contributed by atoms with Crippen molar-refractivity contribution in [3.63, 3.8) is 0 Å². The molecule has 0 atom stereocenters. The molecule has 28 heavy (non-hydrogen) atoms. The van der Waals surface area contributed by atoms with Gasteiger partial charge in [0, 0.05) is 19.3 Å². The molecule has 1 aromatic rings. The third-order valence-corrected chi connectivity index (χ3v) is 4.80. The molecule has 1 aliphatic rings. The van der Waals surface area contributed by atoms with E-state index in [2.05, 4.69) is 20.6 Å². The summed E-state index contributed by atoms with van der Waals surface area (Å²) in [4.78, 5) is 10.4. The van der Waals surface area contributed by atoms with Crippen molar-refractivity contribution < 1.29 is 13.2 Å². The molecule has 2 rings (SSSR count). The van der Waals surface area contributed by atoms with Crippen molar-refractivity contribution >= 4 is 29.9 Å². The molecule has 2 N–H and O–H groups in total. The predicted octanol–water partition coefficient (Wildman–Crippen LogP) is 3.73. The number of halogens is 4. The molecule has 0 unspecified atom stereocenters. The number of aryl methyl sites for hydroxylation is 1. The first-order valence-corrected chi connectivity index (χ1v) is 9.59. The normalized spacial score (nSPS) is 16.5. The Hall–Kier alpha value is -1.10. The number of alkyl halides is 3. The first kappa shape index (κ1) is 24.9. The van der Waals surface area contributed by atoms with E-state index < -0.39 is 12.7 Å². The zero-order valence-corrected chi connectivity index (χ0v) is 18.9. The van der Waals surface area contributed by atoms with Crippen LogP contribution in [0, 0.1) is 12.8 Å². The maximum atomic E-state index is 12.4. The lowest BCUT2D eigenvalue weighted by Crippen LogP contribution is -2.41. The molecular formula is C19H31F3IN5. The lowest BCUT2D eigenvalue weighted by Gasteiger charge is -2.32. The van der Waals surface area contributed by atoms with Crippen LogP contribution in [-0.2, 0) is 6.54 Å². The fraction of sp³-hybridized carbons (Fsp3) is 0.684. The van der Waals surface area contributed by atoms with Gasteiger partial charge in [-0.1, -0.05) is 6.07 Å². The number of piperidine rings is 1. The zero-order valence-electron chi connectivity index (χ0n) is 16.6. The Labute approximate surface area is 182 Å². The summed E-state index contributed by atoms with van der Waals surface area (Å²) in [7, 11) is 0. The molecule has 0 aliphatic carbocycles. The number of nitrogens with zero attached hydrogens (tertiary/aromatic N) is 3. The maximum Gasteiger partial charge on any atom is 0.401 e. The molecule has 0 spiro atoms. The van der Waals surface area contributed by atoms with Crippen molar-refractivity contribution in [1.82, 2.24) is 20.5 Å². The van der Waals surface area contributed by atoms with Crippen LogP contribution in [0.5, 0.6) is 0 Å². The van der Waals surface area contributed by atoms with Crippen LogP contribution in [0.3, 0.4) is 0 Å². The Morgan fingerprint density at radius 1 is 1.29 bits per heavy atom. The van der Waals surface area contributed by atoms with Gasteiger partial charge in [-0.2, -0.15) is 13.2 Å². The highest BCUT2D eigenvalue weighted by Crippen LogP contribution is 2.23. The molecule has 2 heterocycles. The average Bonchev–Trinajstić information content (AvgIpc) is 2.61. The zero-order chi connectivity index (χ0) is 19.7. The van der Waals surface area contributed by atoms with Gasteiger partial charge in [0.2, 0.25) is 0 Å². The quantitative estimate of drug-likeness (QED) is 0.332. The lowest BCUT2D eigenvalue weighted by molar-refractivity contribution is -0.148. The van der Waals surface area contributed by atoms with E-state index in [0.717, 1.165) is 49.6 Å². The molecule has 1 aliphatic heterocycles. The molecule has 9 heteroatoms. The second-order valence-corrected chi connectivity index (χ2v) is 7.01. The Balaban J connectivity index is 0.00000392. The Morgan fingerprint density at radius 2 is 2.00 bits per heavy atom. The Bertz CT molecular complexity index is 601. The number of rotatable bonds is 7. The largest absolute Gasteiger partial charge is 0.401 e. The SMILES string of the molecule is CCNC(=NCc1ncccc1C)NCCC1CCN(CC(F)(F)F)CC1.I. The Kier molecular flexibility index (Phi) is 11.1. The topological polar surface area (TPSA) is 52.6 Å². The number of guanidine groups is 1. The average molecular weight is 513 g/mol. The van der Waals surface area contributed by atoms with Crippen LogP contribution in [0.25, 0.3) is 0 Å². The summed E-state index contributed by atoms with van der Waals surface area (Å²) >= 11 is 0. The lowest BCUT2D eigenvalue weighted by atomic mass is 9.93. The van der Waals surface area contributed by atoms with E-state index in [-0.39, 0.29) is 24.0 Å². The van der Waals surface area contributed by atoms with Crippen LogP contribution in [-0.4, -0.2) is 54.7 Å². The first-order chi connectivity index (χ1) is 12.9. The molecule has 0 amide bonds. The molecule has 160 valence electrons. The number of aromatic nitrogens is 1. The molecule has 5 nitrogen and oxygen atoms in total. The molecular weight excluding hydrogens is 482 g/mol. The van der Waals surface area contributed by atoms with Crippen molar-refractivity contribution in [3.8, 4) is 0 Å². The van der Waals surface area contributed by atoms with Gasteiger partial charge in [-0.05, 0) is 63.7 Å². The standard InChI is InChI=1S/C19H30F3N5.HI/c1-3-23-18(26-13-17-15(2)5-4-9-24-17)25-10-6-16-7-11-27(12-8-16)14-19(20,21)22;/h4-5,9,16H,3,6-8,10-14H2,1-2H3,(H2,23,25,26);1H. The van der Waals surface area contributed by atoms with Crippen molar-refractivity contribution in [2.24, 2.45) is 10.9 Å². The van der Waals surface area contributed by atoms with Gasteiger partial charge >= 0.3 is 6.18 Å². The van der Waals surface area contributed by atoms with Crippen molar-refractivity contribution in [2.75, 3.05) is 32.7 Å². The smallest absolute Gasteiger partial charge is 0.357 e. The Morgan fingerprint density at radius 3 is 2.61 bits per heavy atom. The van der Waals surface area contributed by atoms with E-state index in [4.69, 9.17) is 0 Å². The van der Waals surface area contributed by atoms with Gasteiger partial charge in [-0.15, -0.1) is 24.0 Å². The molecule has 1 aromatic heterocycles. The third-order valence-electron chi connectivity index (χ3n) is 4.80. The van der Waals surface area contributed by atoms with Gasteiger partial charge < -0.3 is 10.6 Å². The summed E-state index contributed by atoms with van der Waals surface area (Å²) in [5.74, 6) is 1.21. The van der Waals surface area contributed by atoms with Crippen LogP contribution in [0.4, 0.5) is 13.2 Å². The molecule has 0 aromatic carbocycles. The summed E-state index contributed by atoms with van der Waals surface area (Å²) in [5, 5.41) is 6.55. The van der Waals surface area contributed by atoms with E-state index in [9.17, 15) is 13.2 Å². The minimum atomic E-state index is -4.10. The van der Waals surface area contributed by atoms with Gasteiger partial charge in [0.05, 0.1) is 18.8 Å². The number of aliphatic imine (C=N–C) groups is 1. The van der Waals surface area contributed by atoms with Crippen LogP contribution >= 0.6 is 24.0 Å². The van der Waals surface area contributed by atoms with Crippen LogP contribution in [0.15, 0.2) is 23.3 Å². The van der Waals surface area contributed by atoms with Crippen LogP contribution in [0.1, 0.15) is 37.4 Å². The van der Waals surface area contributed by atoms with Gasteiger partial charge in [-0.3, -0.25) is 9.88 Å². The monoisotopic (exact) mass is 513 g/mol. The molecule has 0 radical (unpaired) electrons. The minimum Gasteiger partial charge on any atom is -0.357 e. The highest BCUT2D eigenvalue weighted by atomic mass is 127.